The molecule has 8 heteroatoms. The van der Waals surface area contributed by atoms with Crippen LogP contribution in [-0.4, -0.2) is 21.3 Å². The number of nitrogens with zero attached hydrogens (tertiary/aromatic N) is 2. The van der Waals surface area contributed by atoms with Gasteiger partial charge in [0.2, 0.25) is 5.89 Å². The van der Waals surface area contributed by atoms with Gasteiger partial charge in [-0.1, -0.05) is 36.4 Å². The molecule has 0 amide bonds. The van der Waals surface area contributed by atoms with E-state index in [4.69, 9.17) is 9.15 Å². The molecule has 6 nitrogen and oxygen atoms in total. The van der Waals surface area contributed by atoms with Gasteiger partial charge < -0.3 is 14.3 Å². The zero-order valence-electron chi connectivity index (χ0n) is 14.3. The molecule has 0 aliphatic rings. The SMILES string of the molecule is Cc1nnc(S/C(=C\c2ccc(OCc3ccccc3)c(Br)c2)C(=O)O)o1. The Morgan fingerprint density at radius 1 is 1.26 bits per heavy atom. The third kappa shape index (κ3) is 5.45. The molecule has 27 heavy (non-hydrogen) atoms. The van der Waals surface area contributed by atoms with Gasteiger partial charge in [-0.3, -0.25) is 0 Å². The van der Waals surface area contributed by atoms with Gasteiger partial charge >= 0.3 is 5.97 Å². The van der Waals surface area contributed by atoms with Crippen LogP contribution in [0.25, 0.3) is 6.08 Å². The number of ether oxygens (including phenoxy) is 1. The molecule has 138 valence electrons. The van der Waals surface area contributed by atoms with Gasteiger partial charge in [0, 0.05) is 6.92 Å². The van der Waals surface area contributed by atoms with Crippen molar-refractivity contribution in [1.29, 1.82) is 0 Å². The van der Waals surface area contributed by atoms with Crippen molar-refractivity contribution in [2.75, 3.05) is 0 Å². The van der Waals surface area contributed by atoms with Gasteiger partial charge in [-0.2, -0.15) is 0 Å². The first-order valence-electron chi connectivity index (χ1n) is 7.90. The first-order chi connectivity index (χ1) is 13.0. The van der Waals surface area contributed by atoms with Gasteiger partial charge in [0.25, 0.3) is 5.22 Å². The molecule has 0 fully saturated rings. The number of carbonyl (C=O) groups is 1. The number of carboxylic acid groups (broad SMARTS) is 1. The molecule has 0 aliphatic carbocycles. The highest BCUT2D eigenvalue weighted by atomic mass is 79.9. The summed E-state index contributed by atoms with van der Waals surface area (Å²) in [5, 5.41) is 17.1. The van der Waals surface area contributed by atoms with E-state index in [-0.39, 0.29) is 10.1 Å². The number of benzene rings is 2. The van der Waals surface area contributed by atoms with Crippen LogP contribution in [0.2, 0.25) is 0 Å². The fourth-order valence-corrected chi connectivity index (χ4v) is 3.38. The Labute approximate surface area is 168 Å². The van der Waals surface area contributed by atoms with E-state index in [0.29, 0.717) is 23.8 Å². The molecule has 0 aliphatic heterocycles. The topological polar surface area (TPSA) is 85.5 Å². The molecule has 2 aromatic carbocycles. The smallest absolute Gasteiger partial charge is 0.342 e. The highest BCUT2D eigenvalue weighted by Crippen LogP contribution is 2.31. The van der Waals surface area contributed by atoms with Crippen LogP contribution >= 0.6 is 27.7 Å². The number of aromatic nitrogens is 2. The van der Waals surface area contributed by atoms with Crippen LogP contribution in [0.15, 0.2) is 67.5 Å². The minimum Gasteiger partial charge on any atom is -0.488 e. The van der Waals surface area contributed by atoms with Crippen molar-refractivity contribution in [3.05, 3.63) is 74.9 Å². The van der Waals surface area contributed by atoms with E-state index >= 15 is 0 Å². The molecule has 0 saturated carbocycles. The molecule has 3 aromatic rings. The van der Waals surface area contributed by atoms with Gasteiger partial charge in [-0.25, -0.2) is 4.79 Å². The van der Waals surface area contributed by atoms with Crippen LogP contribution in [0, 0.1) is 6.92 Å². The van der Waals surface area contributed by atoms with Crippen molar-refractivity contribution in [3.8, 4) is 5.75 Å². The number of rotatable bonds is 7. The Balaban J connectivity index is 1.74. The van der Waals surface area contributed by atoms with Crippen LogP contribution in [0.5, 0.6) is 5.75 Å². The molecular weight excluding hydrogens is 432 g/mol. The second kappa shape index (κ2) is 8.88. The fourth-order valence-electron chi connectivity index (χ4n) is 2.16. The maximum Gasteiger partial charge on any atom is 0.342 e. The van der Waals surface area contributed by atoms with E-state index in [1.165, 1.54) is 6.08 Å². The second-order valence-electron chi connectivity index (χ2n) is 5.47. The maximum absolute atomic E-state index is 11.5. The zero-order chi connectivity index (χ0) is 19.2. The van der Waals surface area contributed by atoms with Crippen molar-refractivity contribution >= 4 is 39.7 Å². The molecule has 0 bridgehead atoms. The van der Waals surface area contributed by atoms with Crippen LogP contribution in [0.3, 0.4) is 0 Å². The third-order valence-electron chi connectivity index (χ3n) is 3.41. The summed E-state index contributed by atoms with van der Waals surface area (Å²) in [6.07, 6.45) is 1.54. The molecule has 0 atom stereocenters. The largest absolute Gasteiger partial charge is 0.488 e. The van der Waals surface area contributed by atoms with Gasteiger partial charge in [-0.15, -0.1) is 10.2 Å². The molecule has 0 unspecified atom stereocenters. The van der Waals surface area contributed by atoms with E-state index in [1.54, 1.807) is 25.1 Å². The average Bonchev–Trinajstić information content (AvgIpc) is 3.06. The van der Waals surface area contributed by atoms with Gasteiger partial charge in [0.1, 0.15) is 17.3 Å². The molecule has 1 aromatic heterocycles. The second-order valence-corrected chi connectivity index (χ2v) is 7.31. The minimum atomic E-state index is -1.07. The number of aliphatic carboxylic acids is 1. The predicted octanol–water partition coefficient (Wildman–Crippen LogP) is 4.94. The zero-order valence-corrected chi connectivity index (χ0v) is 16.7. The van der Waals surface area contributed by atoms with Gasteiger partial charge in [0.15, 0.2) is 0 Å². The first kappa shape index (κ1) is 19.2. The van der Waals surface area contributed by atoms with Crippen molar-refractivity contribution in [2.24, 2.45) is 0 Å². The highest BCUT2D eigenvalue weighted by molar-refractivity contribution is 9.10. The first-order valence-corrected chi connectivity index (χ1v) is 9.51. The number of hydrogen-bond acceptors (Lipinski definition) is 6. The summed E-state index contributed by atoms with van der Waals surface area (Å²) in [7, 11) is 0. The lowest BCUT2D eigenvalue weighted by Gasteiger charge is -2.09. The molecule has 0 spiro atoms. The summed E-state index contributed by atoms with van der Waals surface area (Å²) < 4.78 is 11.8. The summed E-state index contributed by atoms with van der Waals surface area (Å²) >= 11 is 4.37. The lowest BCUT2D eigenvalue weighted by atomic mass is 10.2. The van der Waals surface area contributed by atoms with Crippen molar-refractivity contribution < 1.29 is 19.1 Å². The molecule has 0 radical (unpaired) electrons. The maximum atomic E-state index is 11.5. The number of aryl methyl sites for hydroxylation is 1. The Morgan fingerprint density at radius 2 is 2.04 bits per heavy atom. The van der Waals surface area contributed by atoms with Gasteiger partial charge in [0.05, 0.1) is 4.47 Å². The number of thioether (sulfide) groups is 1. The van der Waals surface area contributed by atoms with Crippen molar-refractivity contribution in [1.82, 2.24) is 10.2 Å². The summed E-state index contributed by atoms with van der Waals surface area (Å²) in [5.74, 6) is -0.0191. The normalized spacial score (nSPS) is 11.4. The Morgan fingerprint density at radius 3 is 2.67 bits per heavy atom. The average molecular weight is 447 g/mol. The molecule has 1 heterocycles. The molecule has 3 rings (SSSR count). The quantitative estimate of drug-likeness (QED) is 0.406. The molecular formula is C19H15BrN2O4S. The van der Waals surface area contributed by atoms with Crippen LogP contribution in [0.4, 0.5) is 0 Å². The van der Waals surface area contributed by atoms with E-state index in [2.05, 4.69) is 26.1 Å². The molecule has 0 saturated heterocycles. The summed E-state index contributed by atoms with van der Waals surface area (Å²) in [6.45, 7) is 2.09. The number of carboxylic acids is 1. The van der Waals surface area contributed by atoms with E-state index in [0.717, 1.165) is 21.8 Å². The van der Waals surface area contributed by atoms with E-state index in [9.17, 15) is 9.90 Å². The monoisotopic (exact) mass is 446 g/mol. The summed E-state index contributed by atoms with van der Waals surface area (Å²) in [6, 6.07) is 15.2. The van der Waals surface area contributed by atoms with Crippen LogP contribution in [-0.2, 0) is 11.4 Å². The summed E-state index contributed by atoms with van der Waals surface area (Å²) in [4.78, 5) is 11.6. The van der Waals surface area contributed by atoms with E-state index < -0.39 is 5.97 Å². The Hall–Kier alpha value is -2.58. The predicted molar refractivity (Wildman–Crippen MR) is 105 cm³/mol. The van der Waals surface area contributed by atoms with Crippen LogP contribution < -0.4 is 4.74 Å². The Kier molecular flexibility index (Phi) is 6.31. The standard InChI is InChI=1S/C19H15BrN2O4S/c1-12-21-22-19(26-12)27-17(18(23)24)10-14-7-8-16(15(20)9-14)25-11-13-5-3-2-4-6-13/h2-10H,11H2,1H3,(H,23,24)/b17-10-. The minimum absolute atomic E-state index is 0.0727. The van der Waals surface area contributed by atoms with Crippen LogP contribution in [0.1, 0.15) is 17.0 Å². The van der Waals surface area contributed by atoms with E-state index in [1.807, 2.05) is 30.3 Å². The molecule has 1 N–H and O–H groups in total. The summed E-state index contributed by atoms with van der Waals surface area (Å²) in [5.41, 5.74) is 1.77. The third-order valence-corrected chi connectivity index (χ3v) is 4.88. The number of halogens is 1. The van der Waals surface area contributed by atoms with Crippen molar-refractivity contribution in [2.45, 2.75) is 18.8 Å². The van der Waals surface area contributed by atoms with Gasteiger partial charge in [-0.05, 0) is 57.0 Å². The number of hydrogen-bond donors (Lipinski definition) is 1. The van der Waals surface area contributed by atoms with Crippen molar-refractivity contribution in [3.63, 3.8) is 0 Å². The lowest BCUT2D eigenvalue weighted by molar-refractivity contribution is -0.131. The lowest BCUT2D eigenvalue weighted by Crippen LogP contribution is -1.98. The highest BCUT2D eigenvalue weighted by Gasteiger charge is 2.14. The fraction of sp³-hybridized carbons (Fsp3) is 0.105. The Bertz CT molecular complexity index is 973.